The van der Waals surface area contributed by atoms with Crippen molar-refractivity contribution in [3.63, 3.8) is 0 Å². The molecule has 4 heteroatoms. The van der Waals surface area contributed by atoms with Crippen molar-refractivity contribution in [2.75, 3.05) is 0 Å². The summed E-state index contributed by atoms with van der Waals surface area (Å²) in [4.78, 5) is 8.25. The summed E-state index contributed by atoms with van der Waals surface area (Å²) < 4.78 is 0. The van der Waals surface area contributed by atoms with E-state index in [-0.39, 0.29) is 58.2 Å². The number of carbonyl (C=O) groups is 1. The first-order valence-corrected chi connectivity index (χ1v) is 0.471. The molecule has 0 N–H and O–H groups in total. The Morgan fingerprint density at radius 3 is 1.60 bits per heavy atom. The molecule has 2 nitrogen and oxygen atoms in total. The molecular formula is CHCeNiO2+4. The van der Waals surface area contributed by atoms with Crippen LogP contribution in [0.4, 0.5) is 0 Å². The van der Waals surface area contributed by atoms with Gasteiger partial charge in [-0.1, -0.05) is 0 Å². The number of carbonyl (C=O) groups excluding carboxylic acids is 1. The van der Waals surface area contributed by atoms with E-state index in [1.807, 2.05) is 0 Å². The Hall–Kier alpha value is 1.34. The van der Waals surface area contributed by atoms with Crippen molar-refractivity contribution in [3.8, 4) is 0 Å². The van der Waals surface area contributed by atoms with Gasteiger partial charge in [-0.2, -0.15) is 0 Å². The average molecular weight is 244 g/mol. The third-order valence-electron chi connectivity index (χ3n) is 0. The van der Waals surface area contributed by atoms with Crippen molar-refractivity contribution in [1.82, 2.24) is 0 Å². The molecule has 0 saturated heterocycles. The first kappa shape index (κ1) is 16.2. The minimum Gasteiger partial charge on any atom is -0.554 e. The topological polar surface area (TPSA) is 40.1 Å². The monoisotopic (exact) mass is 243 g/mol. The van der Waals surface area contributed by atoms with Gasteiger partial charge in [-0.25, -0.2) is 0 Å². The number of rotatable bonds is 0. The molecule has 0 saturated carbocycles. The van der Waals surface area contributed by atoms with Crippen LogP contribution in [0.5, 0.6) is 0 Å². The third kappa shape index (κ3) is 33.2. The Kier molecular flexibility index (Phi) is 59.5. The molecule has 0 unspecified atom stereocenters. The first-order valence-electron chi connectivity index (χ1n) is 0.471. The van der Waals surface area contributed by atoms with Crippen molar-refractivity contribution in [1.29, 1.82) is 0 Å². The van der Waals surface area contributed by atoms with Crippen LogP contribution in [0, 0.1) is 41.7 Å². The van der Waals surface area contributed by atoms with E-state index in [4.69, 9.17) is 9.90 Å². The minimum absolute atomic E-state index is 0. The van der Waals surface area contributed by atoms with E-state index in [0.29, 0.717) is 0 Å². The molecule has 0 atom stereocenters. The van der Waals surface area contributed by atoms with Crippen LogP contribution < -0.4 is 5.11 Å². The average Bonchev–Trinajstić information content (AvgIpc) is 0.918. The van der Waals surface area contributed by atoms with E-state index in [0.717, 1.165) is 0 Å². The molecule has 0 bridgehead atoms. The molecule has 0 heterocycles. The van der Waals surface area contributed by atoms with E-state index < -0.39 is 6.47 Å². The van der Waals surface area contributed by atoms with Crippen LogP contribution in [-0.2, 0) is 21.3 Å². The van der Waals surface area contributed by atoms with Crippen LogP contribution in [0.15, 0.2) is 0 Å². The predicted molar refractivity (Wildman–Crippen MR) is 6.06 cm³/mol. The molecule has 1 radical (unpaired) electrons. The Bertz CT molecular complexity index is 17.1. The first-order chi connectivity index (χ1) is 1.41. The van der Waals surface area contributed by atoms with Crippen LogP contribution in [0.2, 0.25) is 0 Å². The molecule has 0 aliphatic carbocycles. The van der Waals surface area contributed by atoms with Gasteiger partial charge in [0.2, 0.25) is 0 Å². The van der Waals surface area contributed by atoms with Crippen LogP contribution in [0.25, 0.3) is 0 Å². The Labute approximate surface area is 73.6 Å². The molecule has 0 fully saturated rings. The molecule has 5 heavy (non-hydrogen) atoms. The summed E-state index contributed by atoms with van der Waals surface area (Å²) in [7, 11) is 0. The molecule has 0 amide bonds. The van der Waals surface area contributed by atoms with E-state index in [9.17, 15) is 0 Å². The van der Waals surface area contributed by atoms with Crippen LogP contribution in [0.1, 0.15) is 0 Å². The van der Waals surface area contributed by atoms with E-state index >= 15 is 0 Å². The van der Waals surface area contributed by atoms with Gasteiger partial charge in [0, 0.05) is 6.47 Å². The summed E-state index contributed by atoms with van der Waals surface area (Å²) in [6.45, 7) is -0.500. The zero-order valence-electron chi connectivity index (χ0n) is 2.21. The van der Waals surface area contributed by atoms with Gasteiger partial charge < -0.3 is 9.90 Å². The van der Waals surface area contributed by atoms with E-state index in [1.54, 1.807) is 0 Å². The Morgan fingerprint density at radius 2 is 1.60 bits per heavy atom. The second-order valence-electron chi connectivity index (χ2n) is 0.0962. The van der Waals surface area contributed by atoms with Gasteiger partial charge in [0.1, 0.15) is 0 Å². The predicted octanol–water partition coefficient (Wildman–Crippen LogP) is -1.64. The van der Waals surface area contributed by atoms with Gasteiger partial charge in [-0.3, -0.25) is 0 Å². The number of carboxylic acid groups (broad SMARTS) is 1. The molecule has 0 aromatic rings. The molecule has 0 aliphatic rings. The maximum atomic E-state index is 8.25. The summed E-state index contributed by atoms with van der Waals surface area (Å²) in [5.74, 6) is 0. The van der Waals surface area contributed by atoms with E-state index in [1.165, 1.54) is 0 Å². The molecule has 27 valence electrons. The second-order valence-corrected chi connectivity index (χ2v) is 0.0962. The maximum absolute atomic E-state index is 8.25. The molecule has 0 rings (SSSR count). The van der Waals surface area contributed by atoms with Crippen molar-refractivity contribution in [2.45, 2.75) is 0 Å². The van der Waals surface area contributed by atoms with Gasteiger partial charge in [0.05, 0.1) is 0 Å². The fourth-order valence-electron chi connectivity index (χ4n) is 0. The minimum atomic E-state index is -0.500. The molecule has 0 spiro atoms. The van der Waals surface area contributed by atoms with Gasteiger partial charge in [-0.15, -0.1) is 0 Å². The van der Waals surface area contributed by atoms with Gasteiger partial charge >= 0.3 is 58.2 Å². The molecular weight excluding hydrogens is 243 g/mol. The number of hydrogen-bond acceptors (Lipinski definition) is 2. The van der Waals surface area contributed by atoms with Crippen LogP contribution in [-0.4, -0.2) is 6.47 Å². The molecule has 0 aromatic heterocycles. The maximum Gasteiger partial charge on any atom is 3.00 e. The second kappa shape index (κ2) is 18.4. The SMILES string of the molecule is O=C[O-].[Ce+3].[Ni+2]. The number of hydrogen-bond donors (Lipinski definition) is 0. The quantitative estimate of drug-likeness (QED) is 0.379. The standard InChI is InChI=1S/CH2O2.Ce.Ni/c2-1-3;;/h1H,(H,2,3);;/q;+3;+2/p-1. The van der Waals surface area contributed by atoms with E-state index in [2.05, 4.69) is 0 Å². The van der Waals surface area contributed by atoms with Crippen molar-refractivity contribution in [2.24, 2.45) is 0 Å². The zero-order valence-corrected chi connectivity index (χ0v) is 6.34. The summed E-state index contributed by atoms with van der Waals surface area (Å²) in [5.41, 5.74) is 0. The summed E-state index contributed by atoms with van der Waals surface area (Å²) in [6.07, 6.45) is 0. The summed E-state index contributed by atoms with van der Waals surface area (Å²) in [5, 5.41) is 8.25. The van der Waals surface area contributed by atoms with Crippen LogP contribution >= 0.6 is 0 Å². The van der Waals surface area contributed by atoms with Crippen LogP contribution in [0.3, 0.4) is 0 Å². The van der Waals surface area contributed by atoms with Crippen molar-refractivity contribution >= 4 is 6.47 Å². The third-order valence-corrected chi connectivity index (χ3v) is 0. The van der Waals surface area contributed by atoms with Crippen molar-refractivity contribution in [3.05, 3.63) is 0 Å². The fraction of sp³-hybridized carbons (Fsp3) is 0. The summed E-state index contributed by atoms with van der Waals surface area (Å²) >= 11 is 0. The summed E-state index contributed by atoms with van der Waals surface area (Å²) in [6, 6.07) is 0. The molecule has 0 aliphatic heterocycles. The Balaban J connectivity index is -0.0000000200. The van der Waals surface area contributed by atoms with Gasteiger partial charge in [0.25, 0.3) is 0 Å². The normalized spacial score (nSPS) is 2.40. The fourth-order valence-corrected chi connectivity index (χ4v) is 0. The molecule has 0 aromatic carbocycles. The van der Waals surface area contributed by atoms with Gasteiger partial charge in [-0.05, 0) is 0 Å². The smallest absolute Gasteiger partial charge is 0.554 e. The van der Waals surface area contributed by atoms with Gasteiger partial charge in [0.15, 0.2) is 0 Å². The largest absolute Gasteiger partial charge is 3.00 e. The van der Waals surface area contributed by atoms with Crippen molar-refractivity contribution < 1.29 is 68.1 Å². The Morgan fingerprint density at radius 1 is 1.60 bits per heavy atom. The zero-order chi connectivity index (χ0) is 2.71.